The Morgan fingerprint density at radius 3 is 1.85 bits per heavy atom. The smallest absolute Gasteiger partial charge is 0.261 e. The van der Waals surface area contributed by atoms with Gasteiger partial charge in [-0.1, -0.05) is 60.7 Å². The lowest BCUT2D eigenvalue weighted by Crippen LogP contribution is -2.17. The molecule has 1 N–H and O–H groups in total. The van der Waals surface area contributed by atoms with Crippen molar-refractivity contribution in [3.63, 3.8) is 0 Å². The Labute approximate surface area is 116 Å². The second-order valence-corrected chi connectivity index (χ2v) is 4.41. The van der Waals surface area contributed by atoms with Crippen LogP contribution in [0.1, 0.15) is 23.3 Å². The van der Waals surface area contributed by atoms with Crippen LogP contribution in [0, 0.1) is 0 Å². The van der Waals surface area contributed by atoms with Gasteiger partial charge >= 0.3 is 0 Å². The number of benzene rings is 2. The van der Waals surface area contributed by atoms with Gasteiger partial charge in [-0.05, 0) is 11.1 Å². The molecule has 0 bridgehead atoms. The Kier molecular flexibility index (Phi) is 5.21. The van der Waals surface area contributed by atoms with Crippen molar-refractivity contribution in [2.24, 2.45) is 0 Å². The molecular weight excluding hydrogens is 262 g/mol. The molecule has 2 unspecified atom stereocenters. The first-order valence-corrected chi connectivity index (χ1v) is 6.36. The van der Waals surface area contributed by atoms with Crippen LogP contribution < -0.4 is 0 Å². The van der Waals surface area contributed by atoms with Gasteiger partial charge < -0.3 is 9.84 Å². The highest BCUT2D eigenvalue weighted by atomic mass is 19.3. The van der Waals surface area contributed by atoms with Crippen molar-refractivity contribution in [3.8, 4) is 0 Å². The quantitative estimate of drug-likeness (QED) is 0.872. The summed E-state index contributed by atoms with van der Waals surface area (Å²) in [6.45, 7) is -0.705. The second kappa shape index (κ2) is 7.12. The predicted molar refractivity (Wildman–Crippen MR) is 72.5 cm³/mol. The molecule has 0 aliphatic rings. The summed E-state index contributed by atoms with van der Waals surface area (Å²) in [7, 11) is 0. The van der Waals surface area contributed by atoms with Crippen molar-refractivity contribution in [1.29, 1.82) is 0 Å². The molecule has 0 fully saturated rings. The molecule has 0 saturated heterocycles. The van der Waals surface area contributed by atoms with Gasteiger partial charge in [-0.15, -0.1) is 0 Å². The molecule has 2 aromatic rings. The third kappa shape index (κ3) is 3.85. The topological polar surface area (TPSA) is 29.5 Å². The van der Waals surface area contributed by atoms with Crippen LogP contribution in [0.2, 0.25) is 0 Å². The van der Waals surface area contributed by atoms with Gasteiger partial charge in [0.25, 0.3) is 6.43 Å². The first-order chi connectivity index (χ1) is 9.68. The number of rotatable bonds is 6. The van der Waals surface area contributed by atoms with E-state index in [4.69, 9.17) is 4.74 Å². The van der Waals surface area contributed by atoms with Crippen LogP contribution in [0.5, 0.6) is 0 Å². The van der Waals surface area contributed by atoms with Crippen molar-refractivity contribution < 1.29 is 18.6 Å². The molecule has 0 radical (unpaired) electrons. The Morgan fingerprint density at radius 1 is 0.850 bits per heavy atom. The number of halogens is 2. The van der Waals surface area contributed by atoms with Gasteiger partial charge in [0, 0.05) is 0 Å². The van der Waals surface area contributed by atoms with Crippen LogP contribution in [0.25, 0.3) is 0 Å². The number of ether oxygens (including phenoxy) is 1. The van der Waals surface area contributed by atoms with E-state index in [1.54, 1.807) is 48.5 Å². The van der Waals surface area contributed by atoms with Gasteiger partial charge in [-0.25, -0.2) is 8.78 Å². The van der Waals surface area contributed by atoms with Crippen LogP contribution in [0.3, 0.4) is 0 Å². The molecule has 0 amide bonds. The maximum atomic E-state index is 12.4. The number of aliphatic hydroxyl groups excluding tert-OH is 1. The van der Waals surface area contributed by atoms with Crippen molar-refractivity contribution in [3.05, 3.63) is 71.8 Å². The van der Waals surface area contributed by atoms with Crippen LogP contribution in [0.15, 0.2) is 60.7 Å². The lowest BCUT2D eigenvalue weighted by molar-refractivity contribution is -0.0783. The molecule has 0 saturated carbocycles. The lowest BCUT2D eigenvalue weighted by atomic mass is 9.98. The third-order valence-electron chi connectivity index (χ3n) is 2.96. The Bertz CT molecular complexity index is 502. The zero-order valence-electron chi connectivity index (χ0n) is 10.8. The molecule has 20 heavy (non-hydrogen) atoms. The molecule has 0 aromatic heterocycles. The van der Waals surface area contributed by atoms with E-state index in [-0.39, 0.29) is 0 Å². The van der Waals surface area contributed by atoms with E-state index >= 15 is 0 Å². The molecule has 4 heteroatoms. The van der Waals surface area contributed by atoms with Crippen LogP contribution in [-0.4, -0.2) is 18.1 Å². The third-order valence-corrected chi connectivity index (χ3v) is 2.96. The fourth-order valence-electron chi connectivity index (χ4n) is 2.01. The molecule has 2 nitrogen and oxygen atoms in total. The monoisotopic (exact) mass is 278 g/mol. The molecule has 0 aliphatic carbocycles. The Morgan fingerprint density at radius 2 is 1.35 bits per heavy atom. The fourth-order valence-corrected chi connectivity index (χ4v) is 2.01. The van der Waals surface area contributed by atoms with Gasteiger partial charge in [0.1, 0.15) is 18.8 Å². The van der Waals surface area contributed by atoms with E-state index in [0.717, 1.165) is 0 Å². The summed E-state index contributed by atoms with van der Waals surface area (Å²) >= 11 is 0. The number of hydrogen-bond donors (Lipinski definition) is 1. The van der Waals surface area contributed by atoms with Crippen molar-refractivity contribution >= 4 is 0 Å². The van der Waals surface area contributed by atoms with E-state index in [0.29, 0.717) is 11.1 Å². The van der Waals surface area contributed by atoms with E-state index < -0.39 is 25.2 Å². The van der Waals surface area contributed by atoms with Crippen molar-refractivity contribution in [1.82, 2.24) is 0 Å². The van der Waals surface area contributed by atoms with Gasteiger partial charge in [-0.2, -0.15) is 0 Å². The van der Waals surface area contributed by atoms with Crippen LogP contribution >= 0.6 is 0 Å². The minimum atomic E-state index is -2.57. The van der Waals surface area contributed by atoms with Gasteiger partial charge in [-0.3, -0.25) is 0 Å². The van der Waals surface area contributed by atoms with Crippen molar-refractivity contribution in [2.75, 3.05) is 6.61 Å². The molecule has 2 aromatic carbocycles. The van der Waals surface area contributed by atoms with Crippen LogP contribution in [-0.2, 0) is 4.74 Å². The fraction of sp³-hybridized carbons (Fsp3) is 0.250. The highest BCUT2D eigenvalue weighted by Crippen LogP contribution is 2.32. The molecule has 0 heterocycles. The highest BCUT2D eigenvalue weighted by Gasteiger charge is 2.24. The SMILES string of the molecule is OC(c1ccccc1)C(OCC(F)F)c1ccccc1. The largest absolute Gasteiger partial charge is 0.385 e. The second-order valence-electron chi connectivity index (χ2n) is 4.41. The maximum absolute atomic E-state index is 12.4. The maximum Gasteiger partial charge on any atom is 0.261 e. The first kappa shape index (κ1) is 14.6. The molecular formula is C16H16F2O2. The summed E-state index contributed by atoms with van der Waals surface area (Å²) in [6, 6.07) is 17.8. The summed E-state index contributed by atoms with van der Waals surface area (Å²) in [4.78, 5) is 0. The summed E-state index contributed by atoms with van der Waals surface area (Å²) < 4.78 is 29.9. The predicted octanol–water partition coefficient (Wildman–Crippen LogP) is 3.74. The van der Waals surface area contributed by atoms with E-state index in [1.807, 2.05) is 12.1 Å². The zero-order valence-corrected chi connectivity index (χ0v) is 10.8. The van der Waals surface area contributed by atoms with Gasteiger partial charge in [0.2, 0.25) is 0 Å². The Hall–Kier alpha value is -1.78. The van der Waals surface area contributed by atoms with Gasteiger partial charge in [0.05, 0.1) is 0 Å². The minimum absolute atomic E-state index is 0.635. The number of alkyl halides is 2. The molecule has 106 valence electrons. The summed E-state index contributed by atoms with van der Waals surface area (Å²) in [6.07, 6.45) is -4.37. The molecule has 0 aliphatic heterocycles. The molecule has 2 atom stereocenters. The first-order valence-electron chi connectivity index (χ1n) is 6.36. The lowest BCUT2D eigenvalue weighted by Gasteiger charge is -2.24. The molecule has 0 spiro atoms. The number of hydrogen-bond acceptors (Lipinski definition) is 2. The minimum Gasteiger partial charge on any atom is -0.385 e. The summed E-state index contributed by atoms with van der Waals surface area (Å²) in [5.41, 5.74) is 1.31. The Balaban J connectivity index is 2.22. The van der Waals surface area contributed by atoms with Gasteiger partial charge in [0.15, 0.2) is 0 Å². The van der Waals surface area contributed by atoms with Crippen molar-refractivity contribution in [2.45, 2.75) is 18.6 Å². The number of aliphatic hydroxyl groups is 1. The highest BCUT2D eigenvalue weighted by molar-refractivity contribution is 5.25. The summed E-state index contributed by atoms with van der Waals surface area (Å²) in [5, 5.41) is 10.4. The molecule has 2 rings (SSSR count). The normalized spacial score (nSPS) is 14.2. The average molecular weight is 278 g/mol. The average Bonchev–Trinajstić information content (AvgIpc) is 2.49. The van der Waals surface area contributed by atoms with E-state index in [1.165, 1.54) is 0 Å². The summed E-state index contributed by atoms with van der Waals surface area (Å²) in [5.74, 6) is 0. The van der Waals surface area contributed by atoms with E-state index in [2.05, 4.69) is 0 Å². The zero-order chi connectivity index (χ0) is 14.4. The standard InChI is InChI=1S/C16H16F2O2/c17-14(18)11-20-16(13-9-5-2-6-10-13)15(19)12-7-3-1-4-8-12/h1-10,14-16,19H,11H2. The van der Waals surface area contributed by atoms with E-state index in [9.17, 15) is 13.9 Å². The van der Waals surface area contributed by atoms with Crippen LogP contribution in [0.4, 0.5) is 8.78 Å².